The van der Waals surface area contributed by atoms with Crippen LogP contribution in [0.5, 0.6) is 0 Å². The molecule has 3 heteroatoms. The van der Waals surface area contributed by atoms with Gasteiger partial charge in [-0.2, -0.15) is 0 Å². The predicted molar refractivity (Wildman–Crippen MR) is 76.8 cm³/mol. The molecule has 1 saturated carbocycles. The minimum absolute atomic E-state index is 0.187. The molecule has 0 aromatic heterocycles. The van der Waals surface area contributed by atoms with Crippen LogP contribution in [0.25, 0.3) is 0 Å². The van der Waals surface area contributed by atoms with Crippen molar-refractivity contribution in [2.24, 2.45) is 11.3 Å². The molecule has 2 aliphatic carbocycles. The zero-order chi connectivity index (χ0) is 13.9. The van der Waals surface area contributed by atoms with Crippen molar-refractivity contribution >= 4 is 5.97 Å². The predicted octanol–water partition coefficient (Wildman–Crippen LogP) is 2.83. The zero-order valence-electron chi connectivity index (χ0n) is 12.2. The Morgan fingerprint density at radius 3 is 3.05 bits per heavy atom. The van der Waals surface area contributed by atoms with Crippen molar-refractivity contribution < 1.29 is 9.53 Å². The maximum absolute atomic E-state index is 11.6. The summed E-state index contributed by atoms with van der Waals surface area (Å²) >= 11 is 0. The number of methoxy groups -OCH3 is 1. The Kier molecular flexibility index (Phi) is 4.46. The molecule has 0 aliphatic heterocycles. The number of allylic oxidation sites excluding steroid dienone is 3. The van der Waals surface area contributed by atoms with Crippen LogP contribution in [0.4, 0.5) is 0 Å². The number of fused-ring (bicyclic) bond motifs is 1. The summed E-state index contributed by atoms with van der Waals surface area (Å²) < 4.78 is 4.82. The van der Waals surface area contributed by atoms with Crippen molar-refractivity contribution in [1.29, 1.82) is 0 Å². The third kappa shape index (κ3) is 3.08. The van der Waals surface area contributed by atoms with Gasteiger partial charge in [0, 0.05) is 0 Å². The molecule has 106 valence electrons. The minimum atomic E-state index is -0.246. The van der Waals surface area contributed by atoms with Gasteiger partial charge in [-0.15, -0.1) is 0 Å². The van der Waals surface area contributed by atoms with Gasteiger partial charge in [-0.25, -0.2) is 0 Å². The summed E-state index contributed by atoms with van der Waals surface area (Å²) in [5.74, 6) is 0.490. The van der Waals surface area contributed by atoms with Gasteiger partial charge in [0.25, 0.3) is 0 Å². The van der Waals surface area contributed by atoms with E-state index in [0.717, 1.165) is 0 Å². The van der Waals surface area contributed by atoms with E-state index in [0.29, 0.717) is 12.3 Å². The third-order valence-corrected chi connectivity index (χ3v) is 4.66. The van der Waals surface area contributed by atoms with Crippen LogP contribution in [0.15, 0.2) is 23.8 Å². The zero-order valence-corrected chi connectivity index (χ0v) is 12.2. The fourth-order valence-corrected chi connectivity index (χ4v) is 3.40. The lowest BCUT2D eigenvalue weighted by Crippen LogP contribution is -2.36. The van der Waals surface area contributed by atoms with Crippen molar-refractivity contribution in [2.45, 2.75) is 45.1 Å². The van der Waals surface area contributed by atoms with Crippen LogP contribution >= 0.6 is 0 Å². The van der Waals surface area contributed by atoms with Crippen LogP contribution < -0.4 is 5.32 Å². The molecule has 0 spiro atoms. The van der Waals surface area contributed by atoms with Crippen LogP contribution in [0, 0.1) is 11.3 Å². The van der Waals surface area contributed by atoms with Gasteiger partial charge in [0.05, 0.1) is 7.11 Å². The van der Waals surface area contributed by atoms with E-state index >= 15 is 0 Å². The second-order valence-corrected chi connectivity index (χ2v) is 6.01. The quantitative estimate of drug-likeness (QED) is 0.793. The molecule has 19 heavy (non-hydrogen) atoms. The first-order valence-electron chi connectivity index (χ1n) is 7.24. The van der Waals surface area contributed by atoms with E-state index in [1.165, 1.54) is 38.4 Å². The molecular formula is C16H25NO2. The van der Waals surface area contributed by atoms with Crippen molar-refractivity contribution in [1.82, 2.24) is 5.32 Å². The van der Waals surface area contributed by atoms with Gasteiger partial charge in [-0.3, -0.25) is 4.79 Å². The molecule has 0 bridgehead atoms. The molecule has 3 atom stereocenters. The van der Waals surface area contributed by atoms with E-state index in [4.69, 9.17) is 4.74 Å². The Bertz CT molecular complexity index is 400. The number of esters is 1. The molecule has 1 N–H and O–H groups in total. The molecule has 3 nitrogen and oxygen atoms in total. The molecule has 1 fully saturated rings. The van der Waals surface area contributed by atoms with Crippen LogP contribution in [-0.4, -0.2) is 26.2 Å². The van der Waals surface area contributed by atoms with Gasteiger partial charge in [0.1, 0.15) is 6.04 Å². The average Bonchev–Trinajstić information content (AvgIpc) is 2.42. The number of carbonyl (C=O) groups is 1. The normalized spacial score (nSPS) is 31.3. The summed E-state index contributed by atoms with van der Waals surface area (Å²) in [4.78, 5) is 11.6. The number of ether oxygens (including phenoxy) is 1. The van der Waals surface area contributed by atoms with Crippen LogP contribution in [0.2, 0.25) is 0 Å². The van der Waals surface area contributed by atoms with Gasteiger partial charge < -0.3 is 10.1 Å². The number of rotatable bonds is 4. The number of hydrogen-bond donors (Lipinski definition) is 1. The Balaban J connectivity index is 2.09. The molecule has 2 unspecified atom stereocenters. The topological polar surface area (TPSA) is 38.3 Å². The third-order valence-electron chi connectivity index (χ3n) is 4.66. The Hall–Kier alpha value is -1.09. The van der Waals surface area contributed by atoms with E-state index in [2.05, 4.69) is 30.5 Å². The van der Waals surface area contributed by atoms with Gasteiger partial charge in [-0.1, -0.05) is 38.0 Å². The van der Waals surface area contributed by atoms with Gasteiger partial charge in [-0.05, 0) is 43.2 Å². The number of hydrogen-bond acceptors (Lipinski definition) is 3. The second kappa shape index (κ2) is 5.91. The average molecular weight is 263 g/mol. The van der Waals surface area contributed by atoms with Gasteiger partial charge in [0.2, 0.25) is 0 Å². The second-order valence-electron chi connectivity index (χ2n) is 6.01. The molecule has 2 rings (SSSR count). The SMILES string of the molecule is CN[C@@H](CC1=CC2(C)CCCCC2C=C1)C(=O)OC. The number of nitrogens with one attached hydrogen (secondary N) is 1. The monoisotopic (exact) mass is 263 g/mol. The Morgan fingerprint density at radius 2 is 2.37 bits per heavy atom. The lowest BCUT2D eigenvalue weighted by Gasteiger charge is -2.40. The maximum atomic E-state index is 11.6. The molecule has 2 aliphatic rings. The highest BCUT2D eigenvalue weighted by Gasteiger charge is 2.35. The van der Waals surface area contributed by atoms with Crippen LogP contribution in [0.1, 0.15) is 39.0 Å². The first-order valence-corrected chi connectivity index (χ1v) is 7.24. The van der Waals surface area contributed by atoms with Gasteiger partial charge >= 0.3 is 5.97 Å². The number of likely N-dealkylation sites (N-methyl/N-ethyl adjacent to an activating group) is 1. The molecule has 0 saturated heterocycles. The summed E-state index contributed by atoms with van der Waals surface area (Å²) in [5.41, 5.74) is 1.54. The molecule has 0 amide bonds. The fourth-order valence-electron chi connectivity index (χ4n) is 3.40. The standard InChI is InChI=1S/C16H25NO2/c1-16-9-5-4-6-13(16)8-7-12(11-16)10-14(17-2)15(18)19-3/h7-8,11,13-14,17H,4-6,9-10H2,1-3H3/t13?,14-,16?/m0/s1. The van der Waals surface area contributed by atoms with Crippen LogP contribution in [0.3, 0.4) is 0 Å². The van der Waals surface area contributed by atoms with Crippen molar-refractivity contribution in [2.75, 3.05) is 14.2 Å². The molecule has 0 radical (unpaired) electrons. The highest BCUT2D eigenvalue weighted by Crippen LogP contribution is 2.46. The molecule has 0 aromatic carbocycles. The summed E-state index contributed by atoms with van der Waals surface area (Å²) in [6.45, 7) is 2.35. The summed E-state index contributed by atoms with van der Waals surface area (Å²) in [6, 6.07) is -0.246. The Labute approximate surface area is 116 Å². The van der Waals surface area contributed by atoms with Crippen molar-refractivity contribution in [3.8, 4) is 0 Å². The van der Waals surface area contributed by atoms with E-state index < -0.39 is 0 Å². The maximum Gasteiger partial charge on any atom is 0.323 e. The van der Waals surface area contributed by atoms with E-state index in [1.54, 1.807) is 7.05 Å². The lowest BCUT2D eigenvalue weighted by atomic mass is 9.64. The van der Waals surface area contributed by atoms with Crippen molar-refractivity contribution in [3.05, 3.63) is 23.8 Å². The van der Waals surface area contributed by atoms with Crippen molar-refractivity contribution in [3.63, 3.8) is 0 Å². The van der Waals surface area contributed by atoms with E-state index in [9.17, 15) is 4.79 Å². The summed E-state index contributed by atoms with van der Waals surface area (Å²) in [5, 5.41) is 3.04. The van der Waals surface area contributed by atoms with Crippen LogP contribution in [-0.2, 0) is 9.53 Å². The first kappa shape index (κ1) is 14.3. The highest BCUT2D eigenvalue weighted by molar-refractivity contribution is 5.76. The molecule has 0 heterocycles. The number of carbonyl (C=O) groups excluding carboxylic acids is 1. The highest BCUT2D eigenvalue weighted by atomic mass is 16.5. The van der Waals surface area contributed by atoms with Gasteiger partial charge in [0.15, 0.2) is 0 Å². The summed E-state index contributed by atoms with van der Waals surface area (Å²) in [7, 11) is 3.25. The Morgan fingerprint density at radius 1 is 1.58 bits per heavy atom. The first-order chi connectivity index (χ1) is 9.09. The molecular weight excluding hydrogens is 238 g/mol. The minimum Gasteiger partial charge on any atom is -0.468 e. The molecule has 0 aromatic rings. The smallest absolute Gasteiger partial charge is 0.323 e. The largest absolute Gasteiger partial charge is 0.468 e. The lowest BCUT2D eigenvalue weighted by molar-refractivity contribution is -0.142. The summed E-state index contributed by atoms with van der Waals surface area (Å²) in [6.07, 6.45) is 12.9. The van der Waals surface area contributed by atoms with E-state index in [-0.39, 0.29) is 17.4 Å². The fraction of sp³-hybridized carbons (Fsp3) is 0.688. The van der Waals surface area contributed by atoms with E-state index in [1.807, 2.05) is 0 Å².